The minimum absolute atomic E-state index is 0. The van der Waals surface area contributed by atoms with Crippen molar-refractivity contribution in [3.05, 3.63) is 47.5 Å². The predicted octanol–water partition coefficient (Wildman–Crippen LogP) is 4.00. The molecule has 0 unspecified atom stereocenters. The van der Waals surface area contributed by atoms with Gasteiger partial charge in [0.2, 0.25) is 5.75 Å². The van der Waals surface area contributed by atoms with E-state index in [-0.39, 0.29) is 24.0 Å². The first-order valence-electron chi connectivity index (χ1n) is 10.7. The fourth-order valence-corrected chi connectivity index (χ4v) is 3.03. The van der Waals surface area contributed by atoms with Crippen LogP contribution in [0.1, 0.15) is 24.5 Å². The molecule has 2 aromatic carbocycles. The quantitative estimate of drug-likeness (QED) is 0.162. The molecule has 0 saturated heterocycles. The number of benzene rings is 2. The number of guanidine groups is 1. The zero-order valence-electron chi connectivity index (χ0n) is 20.1. The summed E-state index contributed by atoms with van der Waals surface area (Å²) >= 11 is 0. The number of hydrogen-bond donors (Lipinski definition) is 2. The summed E-state index contributed by atoms with van der Waals surface area (Å²) in [5, 5.41) is 6.60. The number of nitrogens with zero attached hydrogens (tertiary/aromatic N) is 1. The maximum atomic E-state index is 5.76. The van der Waals surface area contributed by atoms with Crippen molar-refractivity contribution < 1.29 is 23.7 Å². The van der Waals surface area contributed by atoms with E-state index in [2.05, 4.69) is 15.6 Å². The van der Waals surface area contributed by atoms with E-state index in [0.717, 1.165) is 42.3 Å². The molecule has 0 radical (unpaired) electrons. The summed E-state index contributed by atoms with van der Waals surface area (Å²) in [6, 6.07) is 11.7. The van der Waals surface area contributed by atoms with Crippen LogP contribution in [0.4, 0.5) is 0 Å². The van der Waals surface area contributed by atoms with E-state index in [1.54, 1.807) is 28.4 Å². The molecule has 0 saturated carbocycles. The van der Waals surface area contributed by atoms with Crippen LogP contribution < -0.4 is 29.6 Å². The van der Waals surface area contributed by atoms with Crippen molar-refractivity contribution in [3.63, 3.8) is 0 Å². The highest BCUT2D eigenvalue weighted by atomic mass is 127. The highest BCUT2D eigenvalue weighted by Crippen LogP contribution is 2.38. The monoisotopic (exact) mass is 573 g/mol. The molecular weight excluding hydrogens is 537 g/mol. The van der Waals surface area contributed by atoms with Crippen LogP contribution in [-0.2, 0) is 17.9 Å². The summed E-state index contributed by atoms with van der Waals surface area (Å²) < 4.78 is 27.1. The molecule has 0 amide bonds. The molecule has 0 aliphatic heterocycles. The molecule has 33 heavy (non-hydrogen) atoms. The summed E-state index contributed by atoms with van der Waals surface area (Å²) in [5.74, 6) is 3.39. The number of ether oxygens (including phenoxy) is 5. The molecule has 0 atom stereocenters. The van der Waals surface area contributed by atoms with Crippen molar-refractivity contribution in [1.29, 1.82) is 0 Å². The third-order valence-electron chi connectivity index (χ3n) is 4.67. The zero-order valence-corrected chi connectivity index (χ0v) is 22.4. The van der Waals surface area contributed by atoms with Crippen molar-refractivity contribution >= 4 is 29.9 Å². The van der Waals surface area contributed by atoms with Crippen molar-refractivity contribution in [2.75, 3.05) is 48.1 Å². The van der Waals surface area contributed by atoms with Gasteiger partial charge in [-0.1, -0.05) is 12.1 Å². The molecule has 0 bridgehead atoms. The second-order valence-corrected chi connectivity index (χ2v) is 6.91. The summed E-state index contributed by atoms with van der Waals surface area (Å²) in [7, 11) is 6.46. The number of halogens is 1. The minimum atomic E-state index is 0. The van der Waals surface area contributed by atoms with Gasteiger partial charge in [-0.05, 0) is 48.7 Å². The maximum absolute atomic E-state index is 5.76. The second-order valence-electron chi connectivity index (χ2n) is 6.91. The van der Waals surface area contributed by atoms with E-state index in [4.69, 9.17) is 23.7 Å². The highest BCUT2D eigenvalue weighted by Gasteiger charge is 2.13. The average molecular weight is 573 g/mol. The van der Waals surface area contributed by atoms with Crippen LogP contribution in [0.3, 0.4) is 0 Å². The molecule has 0 aromatic heterocycles. The van der Waals surface area contributed by atoms with Crippen LogP contribution >= 0.6 is 24.0 Å². The number of methoxy groups -OCH3 is 4. The van der Waals surface area contributed by atoms with Crippen LogP contribution in [0.25, 0.3) is 0 Å². The summed E-state index contributed by atoms with van der Waals surface area (Å²) in [4.78, 5) is 4.66. The van der Waals surface area contributed by atoms with Crippen LogP contribution in [0.5, 0.6) is 23.0 Å². The normalized spacial score (nSPS) is 10.8. The minimum Gasteiger partial charge on any atom is -0.497 e. The lowest BCUT2D eigenvalue weighted by atomic mass is 10.2. The van der Waals surface area contributed by atoms with E-state index in [0.29, 0.717) is 37.0 Å². The Morgan fingerprint density at radius 3 is 2.06 bits per heavy atom. The standard InChI is InChI=1S/C24H35N3O5.HI/c1-6-25-24(26-12-7-13-32-17-18-8-10-20(28-2)11-9-18)27-16-19-14-21(29-3)23(31-5)22(15-19)30-4;/h8-11,14-15H,6-7,12-13,16-17H2,1-5H3,(H2,25,26,27);1H. The highest BCUT2D eigenvalue weighted by molar-refractivity contribution is 14.0. The van der Waals surface area contributed by atoms with Gasteiger partial charge in [0.1, 0.15) is 5.75 Å². The lowest BCUT2D eigenvalue weighted by Crippen LogP contribution is -2.38. The number of hydrogen-bond acceptors (Lipinski definition) is 6. The van der Waals surface area contributed by atoms with Crippen LogP contribution in [-0.4, -0.2) is 54.1 Å². The third kappa shape index (κ3) is 9.55. The third-order valence-corrected chi connectivity index (χ3v) is 4.67. The Labute approximate surface area is 214 Å². The van der Waals surface area contributed by atoms with E-state index < -0.39 is 0 Å². The Bertz CT molecular complexity index is 821. The molecule has 2 aromatic rings. The predicted molar refractivity (Wildman–Crippen MR) is 142 cm³/mol. The zero-order chi connectivity index (χ0) is 23.2. The van der Waals surface area contributed by atoms with Crippen LogP contribution in [0, 0.1) is 0 Å². The summed E-state index contributed by atoms with van der Waals surface area (Å²) in [6.45, 7) is 5.28. The fourth-order valence-electron chi connectivity index (χ4n) is 3.03. The second kappa shape index (κ2) is 16.2. The molecule has 0 spiro atoms. The first-order valence-corrected chi connectivity index (χ1v) is 10.7. The van der Waals surface area contributed by atoms with Crippen molar-refractivity contribution in [2.45, 2.75) is 26.5 Å². The number of nitrogens with one attached hydrogen (secondary N) is 2. The topological polar surface area (TPSA) is 82.6 Å². The van der Waals surface area contributed by atoms with Gasteiger partial charge < -0.3 is 34.3 Å². The lowest BCUT2D eigenvalue weighted by Gasteiger charge is -2.14. The first-order chi connectivity index (χ1) is 15.6. The Morgan fingerprint density at radius 1 is 0.848 bits per heavy atom. The molecule has 8 nitrogen and oxygen atoms in total. The SMILES string of the molecule is CCNC(=NCc1cc(OC)c(OC)c(OC)c1)NCCCOCc1ccc(OC)cc1.I. The molecule has 9 heteroatoms. The molecule has 0 heterocycles. The van der Waals surface area contributed by atoms with Gasteiger partial charge in [0.15, 0.2) is 17.5 Å². The van der Waals surface area contributed by atoms with Crippen molar-refractivity contribution in [1.82, 2.24) is 10.6 Å². The van der Waals surface area contributed by atoms with Crippen LogP contribution in [0.2, 0.25) is 0 Å². The van der Waals surface area contributed by atoms with Gasteiger partial charge >= 0.3 is 0 Å². The van der Waals surface area contributed by atoms with Gasteiger partial charge in [0, 0.05) is 19.7 Å². The summed E-state index contributed by atoms with van der Waals surface area (Å²) in [5.41, 5.74) is 2.08. The molecule has 0 fully saturated rings. The Morgan fingerprint density at radius 2 is 1.52 bits per heavy atom. The number of rotatable bonds is 13. The average Bonchev–Trinajstić information content (AvgIpc) is 2.84. The van der Waals surface area contributed by atoms with Gasteiger partial charge in [-0.15, -0.1) is 24.0 Å². The Kier molecular flexibility index (Phi) is 14.1. The van der Waals surface area contributed by atoms with Gasteiger partial charge in [0.05, 0.1) is 41.6 Å². The van der Waals surface area contributed by atoms with Gasteiger partial charge in [-0.25, -0.2) is 4.99 Å². The molecule has 2 rings (SSSR count). The van der Waals surface area contributed by atoms with E-state index in [1.165, 1.54) is 0 Å². The lowest BCUT2D eigenvalue weighted by molar-refractivity contribution is 0.119. The Balaban J connectivity index is 0.00000544. The maximum Gasteiger partial charge on any atom is 0.203 e. The first kappa shape index (κ1) is 28.6. The van der Waals surface area contributed by atoms with E-state index in [1.807, 2.05) is 43.3 Å². The molecular formula is C24H36IN3O5. The van der Waals surface area contributed by atoms with Crippen LogP contribution in [0.15, 0.2) is 41.4 Å². The van der Waals surface area contributed by atoms with Gasteiger partial charge in [0.25, 0.3) is 0 Å². The molecule has 0 aliphatic rings. The molecule has 2 N–H and O–H groups in total. The molecule has 184 valence electrons. The fraction of sp³-hybridized carbons (Fsp3) is 0.458. The molecule has 0 aliphatic carbocycles. The van der Waals surface area contributed by atoms with E-state index in [9.17, 15) is 0 Å². The van der Waals surface area contributed by atoms with Gasteiger partial charge in [-0.3, -0.25) is 0 Å². The van der Waals surface area contributed by atoms with Gasteiger partial charge in [-0.2, -0.15) is 0 Å². The largest absolute Gasteiger partial charge is 0.497 e. The number of aliphatic imine (C=N–C) groups is 1. The smallest absolute Gasteiger partial charge is 0.203 e. The van der Waals surface area contributed by atoms with E-state index >= 15 is 0 Å². The van der Waals surface area contributed by atoms with Crippen molar-refractivity contribution in [3.8, 4) is 23.0 Å². The van der Waals surface area contributed by atoms with Crippen molar-refractivity contribution in [2.24, 2.45) is 4.99 Å². The Hall–Kier alpha value is -2.40. The summed E-state index contributed by atoms with van der Waals surface area (Å²) in [6.07, 6.45) is 0.866.